The van der Waals surface area contributed by atoms with Gasteiger partial charge in [0.05, 0.1) is 5.60 Å². The Labute approximate surface area is 97.2 Å². The van der Waals surface area contributed by atoms with E-state index < -0.39 is 5.60 Å². The summed E-state index contributed by atoms with van der Waals surface area (Å²) in [5.41, 5.74) is -0.532. The van der Waals surface area contributed by atoms with E-state index in [4.69, 9.17) is 0 Å². The fraction of sp³-hybridized carbons (Fsp3) is 0.692. The molecule has 1 heterocycles. The van der Waals surface area contributed by atoms with Crippen LogP contribution in [0.5, 0.6) is 0 Å². The van der Waals surface area contributed by atoms with E-state index in [-0.39, 0.29) is 0 Å². The minimum Gasteiger partial charge on any atom is -0.389 e. The lowest BCUT2D eigenvalue weighted by Gasteiger charge is -2.30. The van der Waals surface area contributed by atoms with Crippen LogP contribution in [0.4, 0.5) is 0 Å². The summed E-state index contributed by atoms with van der Waals surface area (Å²) in [4.78, 5) is 2.72. The zero-order chi connectivity index (χ0) is 11.5. The highest BCUT2D eigenvalue weighted by Crippen LogP contribution is 2.29. The second-order valence-corrected chi connectivity index (χ2v) is 5.76. The number of aryl methyl sites for hydroxylation is 1. The van der Waals surface area contributed by atoms with Crippen LogP contribution in [-0.4, -0.2) is 10.7 Å². The first-order chi connectivity index (χ1) is 7.01. The Morgan fingerprint density at radius 2 is 1.87 bits per heavy atom. The van der Waals surface area contributed by atoms with Crippen LogP contribution < -0.4 is 0 Å². The van der Waals surface area contributed by atoms with Crippen LogP contribution in [0.3, 0.4) is 0 Å². The van der Waals surface area contributed by atoms with E-state index in [2.05, 4.69) is 39.8 Å². The molecule has 0 saturated heterocycles. The first-order valence-electron chi connectivity index (χ1n) is 5.81. The standard InChI is InChI=1S/C13H22OS/c1-5-11-7-8-12(15-11)9-13(14,6-2)10(3)4/h7-8,10,14H,5-6,9H2,1-4H3. The van der Waals surface area contributed by atoms with Crippen LogP contribution in [0.1, 0.15) is 43.9 Å². The van der Waals surface area contributed by atoms with Gasteiger partial charge in [0.2, 0.25) is 0 Å². The summed E-state index contributed by atoms with van der Waals surface area (Å²) in [6, 6.07) is 4.34. The van der Waals surface area contributed by atoms with Crippen molar-refractivity contribution in [1.29, 1.82) is 0 Å². The largest absolute Gasteiger partial charge is 0.389 e. The molecule has 0 aromatic carbocycles. The lowest BCUT2D eigenvalue weighted by atomic mass is 9.84. The molecule has 0 spiro atoms. The van der Waals surface area contributed by atoms with Crippen molar-refractivity contribution in [3.8, 4) is 0 Å². The van der Waals surface area contributed by atoms with Crippen LogP contribution in [0.15, 0.2) is 12.1 Å². The maximum Gasteiger partial charge on any atom is 0.0715 e. The van der Waals surface area contributed by atoms with Crippen molar-refractivity contribution in [1.82, 2.24) is 0 Å². The molecular formula is C13H22OS. The second-order valence-electron chi connectivity index (χ2n) is 4.51. The highest BCUT2D eigenvalue weighted by molar-refractivity contribution is 7.12. The lowest BCUT2D eigenvalue weighted by Crippen LogP contribution is -2.36. The van der Waals surface area contributed by atoms with Crippen molar-refractivity contribution in [2.45, 2.75) is 52.6 Å². The van der Waals surface area contributed by atoms with Crippen molar-refractivity contribution in [2.75, 3.05) is 0 Å². The maximum absolute atomic E-state index is 10.4. The fourth-order valence-corrected chi connectivity index (χ4v) is 2.82. The van der Waals surface area contributed by atoms with Crippen LogP contribution in [0.25, 0.3) is 0 Å². The highest BCUT2D eigenvalue weighted by atomic mass is 32.1. The van der Waals surface area contributed by atoms with E-state index >= 15 is 0 Å². The van der Waals surface area contributed by atoms with Crippen molar-refractivity contribution >= 4 is 11.3 Å². The molecule has 15 heavy (non-hydrogen) atoms. The summed E-state index contributed by atoms with van der Waals surface area (Å²) >= 11 is 1.83. The van der Waals surface area contributed by atoms with Gasteiger partial charge in [-0.05, 0) is 30.9 Å². The monoisotopic (exact) mass is 226 g/mol. The van der Waals surface area contributed by atoms with Crippen molar-refractivity contribution in [2.24, 2.45) is 5.92 Å². The smallest absolute Gasteiger partial charge is 0.0715 e. The van der Waals surface area contributed by atoms with E-state index in [1.54, 1.807) is 0 Å². The lowest BCUT2D eigenvalue weighted by molar-refractivity contribution is -0.00758. The third-order valence-corrected chi connectivity index (χ3v) is 4.46. The van der Waals surface area contributed by atoms with Gasteiger partial charge in [0.15, 0.2) is 0 Å². The highest BCUT2D eigenvalue weighted by Gasteiger charge is 2.29. The molecule has 86 valence electrons. The van der Waals surface area contributed by atoms with Gasteiger partial charge in [0.1, 0.15) is 0 Å². The molecule has 0 fully saturated rings. The number of hydrogen-bond donors (Lipinski definition) is 1. The van der Waals surface area contributed by atoms with Gasteiger partial charge in [-0.25, -0.2) is 0 Å². The predicted molar refractivity (Wildman–Crippen MR) is 67.5 cm³/mol. The Balaban J connectivity index is 2.74. The van der Waals surface area contributed by atoms with Crippen molar-refractivity contribution in [3.63, 3.8) is 0 Å². The molecule has 0 bridgehead atoms. The Bertz CT molecular complexity index is 303. The third kappa shape index (κ3) is 3.05. The molecule has 0 radical (unpaired) electrons. The average molecular weight is 226 g/mol. The van der Waals surface area contributed by atoms with Crippen LogP contribution in [0, 0.1) is 5.92 Å². The average Bonchev–Trinajstić information content (AvgIpc) is 2.65. The first kappa shape index (κ1) is 12.7. The minimum atomic E-state index is -0.532. The van der Waals surface area contributed by atoms with Crippen LogP contribution in [-0.2, 0) is 12.8 Å². The summed E-state index contributed by atoms with van der Waals surface area (Å²) in [7, 11) is 0. The van der Waals surface area contributed by atoms with Gasteiger partial charge >= 0.3 is 0 Å². The molecule has 1 aromatic rings. The van der Waals surface area contributed by atoms with Gasteiger partial charge in [0.25, 0.3) is 0 Å². The number of hydrogen-bond acceptors (Lipinski definition) is 2. The Morgan fingerprint density at radius 1 is 1.27 bits per heavy atom. The third-order valence-electron chi connectivity index (χ3n) is 3.23. The molecule has 0 aliphatic rings. The molecule has 1 unspecified atom stereocenters. The molecule has 0 aliphatic heterocycles. The number of thiophene rings is 1. The van der Waals surface area contributed by atoms with E-state index in [1.165, 1.54) is 9.75 Å². The molecule has 1 nitrogen and oxygen atoms in total. The van der Waals surface area contributed by atoms with E-state index in [0.29, 0.717) is 5.92 Å². The summed E-state index contributed by atoms with van der Waals surface area (Å²) in [6.45, 7) is 8.42. The van der Waals surface area contributed by atoms with Gasteiger partial charge in [-0.1, -0.05) is 27.7 Å². The van der Waals surface area contributed by atoms with Crippen molar-refractivity contribution in [3.05, 3.63) is 21.9 Å². The fourth-order valence-electron chi connectivity index (χ4n) is 1.75. The molecule has 1 atom stereocenters. The van der Waals surface area contributed by atoms with Crippen molar-refractivity contribution < 1.29 is 5.11 Å². The van der Waals surface area contributed by atoms with Gasteiger partial charge in [-0.2, -0.15) is 0 Å². The minimum absolute atomic E-state index is 0.315. The molecule has 2 heteroatoms. The van der Waals surface area contributed by atoms with Gasteiger partial charge in [0, 0.05) is 16.2 Å². The molecule has 0 aliphatic carbocycles. The SMILES string of the molecule is CCc1ccc(CC(O)(CC)C(C)C)s1. The molecule has 0 saturated carbocycles. The van der Waals surface area contributed by atoms with Crippen LogP contribution >= 0.6 is 11.3 Å². The van der Waals surface area contributed by atoms with Crippen LogP contribution in [0.2, 0.25) is 0 Å². The molecule has 0 amide bonds. The zero-order valence-electron chi connectivity index (χ0n) is 10.2. The molecule has 1 aromatic heterocycles. The second kappa shape index (κ2) is 5.13. The molecule has 1 rings (SSSR count). The Morgan fingerprint density at radius 3 is 2.27 bits per heavy atom. The summed E-state index contributed by atoms with van der Waals surface area (Å²) in [5.74, 6) is 0.315. The Hall–Kier alpha value is -0.340. The van der Waals surface area contributed by atoms with E-state index in [0.717, 1.165) is 19.3 Å². The topological polar surface area (TPSA) is 20.2 Å². The quantitative estimate of drug-likeness (QED) is 0.812. The Kier molecular flexibility index (Phi) is 4.35. The first-order valence-corrected chi connectivity index (χ1v) is 6.63. The van der Waals surface area contributed by atoms with Gasteiger partial charge in [-0.3, -0.25) is 0 Å². The maximum atomic E-state index is 10.4. The van der Waals surface area contributed by atoms with E-state index in [9.17, 15) is 5.11 Å². The van der Waals surface area contributed by atoms with Gasteiger partial charge < -0.3 is 5.11 Å². The number of rotatable bonds is 5. The normalized spacial score (nSPS) is 15.6. The predicted octanol–water partition coefficient (Wildman–Crippen LogP) is 3.65. The summed E-state index contributed by atoms with van der Waals surface area (Å²) in [5, 5.41) is 10.4. The van der Waals surface area contributed by atoms with E-state index in [1.807, 2.05) is 11.3 Å². The van der Waals surface area contributed by atoms with Gasteiger partial charge in [-0.15, -0.1) is 11.3 Å². The number of aliphatic hydroxyl groups is 1. The molecule has 1 N–H and O–H groups in total. The summed E-state index contributed by atoms with van der Waals surface area (Å²) < 4.78 is 0. The molecular weight excluding hydrogens is 204 g/mol. The zero-order valence-corrected chi connectivity index (χ0v) is 11.0. The summed E-state index contributed by atoms with van der Waals surface area (Å²) in [6.07, 6.45) is 2.72.